The van der Waals surface area contributed by atoms with Crippen molar-refractivity contribution in [3.8, 4) is 0 Å². The van der Waals surface area contributed by atoms with Crippen molar-refractivity contribution in [1.29, 1.82) is 0 Å². The fourth-order valence-electron chi connectivity index (χ4n) is 0.566. The average Bonchev–Trinajstić information content (AvgIpc) is 2.05. The molecule has 0 unspecified atom stereocenters. The molecule has 1 fully saturated rings. The summed E-state index contributed by atoms with van der Waals surface area (Å²) in [4.78, 5) is 0. The molecule has 2 N–H and O–H groups in total. The standard InChI is InChI=1S/2C4H10O.C4H8/c2*1-2-3-4-5;1-2-4-3-1/h2*5H,2-4H2,1H3;1-4H2. The van der Waals surface area contributed by atoms with Crippen LogP contribution in [0.25, 0.3) is 0 Å². The van der Waals surface area contributed by atoms with Gasteiger partial charge in [0.1, 0.15) is 0 Å². The van der Waals surface area contributed by atoms with Crippen LogP contribution >= 0.6 is 0 Å². The van der Waals surface area contributed by atoms with Crippen molar-refractivity contribution < 1.29 is 10.2 Å². The molecule has 0 aromatic heterocycles. The number of hydrogen-bond donors (Lipinski definition) is 2. The maximum absolute atomic E-state index is 8.07. The summed E-state index contributed by atoms with van der Waals surface area (Å²) in [5.74, 6) is 0. The maximum Gasteiger partial charge on any atom is 0.0430 e. The van der Waals surface area contributed by atoms with E-state index in [1.54, 1.807) is 0 Å². The second-order valence-electron chi connectivity index (χ2n) is 3.57. The van der Waals surface area contributed by atoms with Crippen molar-refractivity contribution in [2.75, 3.05) is 13.2 Å². The lowest BCUT2D eigenvalue weighted by atomic mass is 10.0. The second-order valence-corrected chi connectivity index (χ2v) is 3.57. The fraction of sp³-hybridized carbons (Fsp3) is 1.00. The second kappa shape index (κ2) is 18.7. The highest BCUT2D eigenvalue weighted by molar-refractivity contribution is 4.50. The average molecular weight is 204 g/mol. The molecule has 0 bridgehead atoms. The molecule has 0 spiro atoms. The lowest BCUT2D eigenvalue weighted by Crippen LogP contribution is -1.85. The van der Waals surface area contributed by atoms with Gasteiger partial charge in [-0.25, -0.2) is 0 Å². The zero-order valence-electron chi connectivity index (χ0n) is 9.97. The van der Waals surface area contributed by atoms with Crippen LogP contribution in [0.3, 0.4) is 0 Å². The van der Waals surface area contributed by atoms with Gasteiger partial charge in [-0.1, -0.05) is 52.4 Å². The van der Waals surface area contributed by atoms with Gasteiger partial charge in [-0.3, -0.25) is 0 Å². The first-order chi connectivity index (χ1) is 6.83. The molecular formula is C12H28O2. The van der Waals surface area contributed by atoms with Crippen LogP contribution in [0, 0.1) is 0 Å². The Morgan fingerprint density at radius 3 is 1.00 bits per heavy atom. The van der Waals surface area contributed by atoms with Gasteiger partial charge in [0, 0.05) is 13.2 Å². The van der Waals surface area contributed by atoms with E-state index in [9.17, 15) is 0 Å². The molecule has 2 nitrogen and oxygen atoms in total. The van der Waals surface area contributed by atoms with E-state index < -0.39 is 0 Å². The smallest absolute Gasteiger partial charge is 0.0430 e. The molecule has 0 atom stereocenters. The summed E-state index contributed by atoms with van der Waals surface area (Å²) in [5, 5.41) is 16.1. The highest BCUT2D eigenvalue weighted by atomic mass is 16.3. The summed E-state index contributed by atoms with van der Waals surface area (Å²) in [6.07, 6.45) is 10.1. The van der Waals surface area contributed by atoms with Crippen LogP contribution in [0.4, 0.5) is 0 Å². The zero-order chi connectivity index (χ0) is 11.1. The zero-order valence-corrected chi connectivity index (χ0v) is 9.97. The molecule has 1 aliphatic rings. The van der Waals surface area contributed by atoms with Crippen LogP contribution in [-0.2, 0) is 0 Å². The summed E-state index contributed by atoms with van der Waals surface area (Å²) in [6.45, 7) is 4.79. The summed E-state index contributed by atoms with van der Waals surface area (Å²) in [5.41, 5.74) is 0. The minimum Gasteiger partial charge on any atom is -0.396 e. The quantitative estimate of drug-likeness (QED) is 0.738. The first-order valence-electron chi connectivity index (χ1n) is 6.05. The lowest BCUT2D eigenvalue weighted by molar-refractivity contribution is 0.286. The number of aliphatic hydroxyl groups is 2. The molecule has 0 heterocycles. The first kappa shape index (κ1) is 16.4. The third kappa shape index (κ3) is 22.7. The third-order valence-corrected chi connectivity index (χ3v) is 2.02. The van der Waals surface area contributed by atoms with E-state index >= 15 is 0 Å². The number of aliphatic hydroxyl groups excluding tert-OH is 2. The number of unbranched alkanes of at least 4 members (excludes halogenated alkanes) is 2. The molecule has 0 aliphatic heterocycles. The van der Waals surface area contributed by atoms with Gasteiger partial charge in [-0.2, -0.15) is 0 Å². The van der Waals surface area contributed by atoms with Crippen LogP contribution in [0.5, 0.6) is 0 Å². The van der Waals surface area contributed by atoms with E-state index in [2.05, 4.69) is 13.8 Å². The third-order valence-electron chi connectivity index (χ3n) is 2.02. The minimum atomic E-state index is 0.344. The van der Waals surface area contributed by atoms with Gasteiger partial charge < -0.3 is 10.2 Å². The van der Waals surface area contributed by atoms with Crippen LogP contribution in [-0.4, -0.2) is 23.4 Å². The van der Waals surface area contributed by atoms with E-state index in [1.807, 2.05) is 0 Å². The Balaban J connectivity index is 0. The van der Waals surface area contributed by atoms with Gasteiger partial charge in [-0.05, 0) is 12.8 Å². The molecule has 0 aromatic rings. The molecule has 1 rings (SSSR count). The lowest BCUT2D eigenvalue weighted by Gasteiger charge is -2.05. The van der Waals surface area contributed by atoms with Crippen molar-refractivity contribution in [2.24, 2.45) is 0 Å². The molecule has 0 saturated heterocycles. The van der Waals surface area contributed by atoms with Gasteiger partial charge in [0.15, 0.2) is 0 Å². The van der Waals surface area contributed by atoms with Gasteiger partial charge in [-0.15, -0.1) is 0 Å². The van der Waals surface area contributed by atoms with E-state index in [-0.39, 0.29) is 0 Å². The Bertz CT molecular complexity index is 56.7. The van der Waals surface area contributed by atoms with Gasteiger partial charge >= 0.3 is 0 Å². The molecule has 14 heavy (non-hydrogen) atoms. The van der Waals surface area contributed by atoms with Crippen LogP contribution in [0.15, 0.2) is 0 Å². The highest BCUT2D eigenvalue weighted by Gasteiger charge is 1.95. The van der Waals surface area contributed by atoms with E-state index in [0.717, 1.165) is 25.7 Å². The van der Waals surface area contributed by atoms with Gasteiger partial charge in [0.2, 0.25) is 0 Å². The van der Waals surface area contributed by atoms with E-state index in [1.165, 1.54) is 25.7 Å². The summed E-state index contributed by atoms with van der Waals surface area (Å²) in [7, 11) is 0. The van der Waals surface area contributed by atoms with Crippen LogP contribution < -0.4 is 0 Å². The largest absolute Gasteiger partial charge is 0.396 e. The highest BCUT2D eigenvalue weighted by Crippen LogP contribution is 2.15. The van der Waals surface area contributed by atoms with Crippen molar-refractivity contribution >= 4 is 0 Å². The normalized spacial score (nSPS) is 12.9. The Hall–Kier alpha value is -0.0800. The molecular weight excluding hydrogens is 176 g/mol. The number of hydrogen-bond acceptors (Lipinski definition) is 2. The minimum absolute atomic E-state index is 0.344. The number of rotatable bonds is 4. The maximum atomic E-state index is 8.07. The van der Waals surface area contributed by atoms with Crippen molar-refractivity contribution in [3.63, 3.8) is 0 Å². The summed E-state index contributed by atoms with van der Waals surface area (Å²) in [6, 6.07) is 0. The van der Waals surface area contributed by atoms with Gasteiger partial charge in [0.05, 0.1) is 0 Å². The Morgan fingerprint density at radius 1 is 0.714 bits per heavy atom. The van der Waals surface area contributed by atoms with Crippen molar-refractivity contribution in [3.05, 3.63) is 0 Å². The predicted molar refractivity (Wildman–Crippen MR) is 62.5 cm³/mol. The van der Waals surface area contributed by atoms with E-state index in [4.69, 9.17) is 10.2 Å². The molecule has 0 aromatic carbocycles. The molecule has 1 saturated carbocycles. The van der Waals surface area contributed by atoms with Crippen LogP contribution in [0.1, 0.15) is 65.2 Å². The fourth-order valence-corrected chi connectivity index (χ4v) is 0.566. The van der Waals surface area contributed by atoms with Crippen molar-refractivity contribution in [2.45, 2.75) is 65.2 Å². The van der Waals surface area contributed by atoms with Gasteiger partial charge in [0.25, 0.3) is 0 Å². The monoisotopic (exact) mass is 204 g/mol. The SMILES string of the molecule is C1CCC1.CCCCO.CCCCO. The molecule has 0 amide bonds. The Labute approximate surface area is 89.3 Å². The van der Waals surface area contributed by atoms with Crippen LogP contribution in [0.2, 0.25) is 0 Å². The molecule has 2 heteroatoms. The Morgan fingerprint density at radius 2 is 1.00 bits per heavy atom. The molecule has 1 aliphatic carbocycles. The van der Waals surface area contributed by atoms with Crippen molar-refractivity contribution in [1.82, 2.24) is 0 Å². The van der Waals surface area contributed by atoms with E-state index in [0.29, 0.717) is 13.2 Å². The molecule has 88 valence electrons. The first-order valence-corrected chi connectivity index (χ1v) is 6.05. The predicted octanol–water partition coefficient (Wildman–Crippen LogP) is 3.12. The topological polar surface area (TPSA) is 40.5 Å². The molecule has 0 radical (unpaired) electrons. The summed E-state index contributed by atoms with van der Waals surface area (Å²) < 4.78 is 0. The summed E-state index contributed by atoms with van der Waals surface area (Å²) >= 11 is 0. The Kier molecular flexibility index (Phi) is 21.8.